The maximum absolute atomic E-state index is 10.3. The summed E-state index contributed by atoms with van der Waals surface area (Å²) >= 11 is 0. The van der Waals surface area contributed by atoms with Gasteiger partial charge in [-0.15, -0.1) is 0 Å². The van der Waals surface area contributed by atoms with Crippen LogP contribution in [0.1, 0.15) is 30.9 Å². The van der Waals surface area contributed by atoms with Crippen molar-refractivity contribution >= 4 is 17.9 Å². The quantitative estimate of drug-likeness (QED) is 0.226. The lowest BCUT2D eigenvalue weighted by Gasteiger charge is -2.24. The average molecular weight is 538 g/mol. The van der Waals surface area contributed by atoms with E-state index in [1.165, 1.54) is 7.11 Å². The molecular weight excluding hydrogens is 506 g/mol. The van der Waals surface area contributed by atoms with Crippen LogP contribution in [0.4, 0.5) is 0 Å². The summed E-state index contributed by atoms with van der Waals surface area (Å²) in [6.45, 7) is 3.83. The smallest absolute Gasteiger partial charge is 0.336 e. The molecule has 1 unspecified atom stereocenters. The molecule has 2 aromatic rings. The first kappa shape index (κ1) is 30.2. The zero-order chi connectivity index (χ0) is 28.5. The SMILES string of the molecule is COc1cc(CN(Cc2ccc3c(c2)OCO3)CC(C)O)ccc1O.O=C(O)CC(O)(CC(=O)O)C(=O)O. The molecule has 0 radical (unpaired) electrons. The number of phenolic OH excluding ortho intramolecular Hbond substituents is 1. The molecule has 1 aliphatic heterocycles. The lowest BCUT2D eigenvalue weighted by Crippen LogP contribution is -2.42. The topological polar surface area (TPSA) is 204 Å². The van der Waals surface area contributed by atoms with Crippen molar-refractivity contribution in [2.45, 2.75) is 44.6 Å². The Labute approximate surface area is 218 Å². The highest BCUT2D eigenvalue weighted by atomic mass is 16.7. The third kappa shape index (κ3) is 9.10. The Morgan fingerprint density at radius 1 is 0.974 bits per heavy atom. The Kier molecular flexibility index (Phi) is 10.7. The fourth-order valence-corrected chi connectivity index (χ4v) is 3.65. The molecule has 38 heavy (non-hydrogen) atoms. The van der Waals surface area contributed by atoms with Crippen molar-refractivity contribution in [3.63, 3.8) is 0 Å². The van der Waals surface area contributed by atoms with Crippen molar-refractivity contribution in [2.24, 2.45) is 0 Å². The zero-order valence-corrected chi connectivity index (χ0v) is 20.9. The number of fused-ring (bicyclic) bond motifs is 1. The minimum atomic E-state index is -2.74. The van der Waals surface area contributed by atoms with Gasteiger partial charge in [-0.1, -0.05) is 12.1 Å². The molecule has 0 saturated heterocycles. The van der Waals surface area contributed by atoms with Crippen LogP contribution in [-0.2, 0) is 27.5 Å². The highest BCUT2D eigenvalue weighted by Crippen LogP contribution is 2.33. The van der Waals surface area contributed by atoms with Crippen LogP contribution in [0.5, 0.6) is 23.0 Å². The second-order valence-corrected chi connectivity index (χ2v) is 8.69. The molecule has 6 N–H and O–H groups in total. The summed E-state index contributed by atoms with van der Waals surface area (Å²) in [7, 11) is 1.53. The van der Waals surface area contributed by atoms with Gasteiger partial charge >= 0.3 is 17.9 Å². The van der Waals surface area contributed by atoms with E-state index in [1.807, 2.05) is 30.3 Å². The second kappa shape index (κ2) is 13.5. The van der Waals surface area contributed by atoms with Gasteiger partial charge in [0, 0.05) is 19.6 Å². The number of rotatable bonds is 12. The number of phenols is 1. The van der Waals surface area contributed by atoms with Crippen molar-refractivity contribution in [1.29, 1.82) is 0 Å². The second-order valence-electron chi connectivity index (χ2n) is 8.69. The normalized spacial score (nSPS) is 12.9. The van der Waals surface area contributed by atoms with Crippen molar-refractivity contribution in [2.75, 3.05) is 20.4 Å². The minimum absolute atomic E-state index is 0.115. The fourth-order valence-electron chi connectivity index (χ4n) is 3.65. The van der Waals surface area contributed by atoms with Gasteiger partial charge in [-0.25, -0.2) is 4.79 Å². The Bertz CT molecular complexity index is 1100. The Balaban J connectivity index is 0.000000332. The van der Waals surface area contributed by atoms with Crippen molar-refractivity contribution in [1.82, 2.24) is 4.90 Å². The zero-order valence-electron chi connectivity index (χ0n) is 20.9. The number of aliphatic carboxylic acids is 3. The number of nitrogens with zero attached hydrogens (tertiary/aromatic N) is 1. The first-order valence-corrected chi connectivity index (χ1v) is 11.4. The lowest BCUT2D eigenvalue weighted by atomic mass is 9.96. The molecule has 208 valence electrons. The summed E-state index contributed by atoms with van der Waals surface area (Å²) in [5, 5.41) is 53.4. The van der Waals surface area contributed by atoms with E-state index in [-0.39, 0.29) is 12.5 Å². The van der Waals surface area contributed by atoms with Gasteiger partial charge in [-0.2, -0.15) is 0 Å². The third-order valence-electron chi connectivity index (χ3n) is 5.30. The molecule has 0 amide bonds. The fraction of sp³-hybridized carbons (Fsp3) is 0.400. The molecule has 0 saturated carbocycles. The number of carboxylic acids is 3. The van der Waals surface area contributed by atoms with Crippen LogP contribution in [0.15, 0.2) is 36.4 Å². The summed E-state index contributed by atoms with van der Waals surface area (Å²) in [5.74, 6) is -2.95. The standard InChI is InChI=1S/C19H23NO5.C6H8O7/c1-13(21)9-20(10-14-3-5-16(22)18(7-14)23-2)11-15-4-6-17-19(8-15)25-12-24-17;7-3(8)1-6(13,5(11)12)2-4(9)10/h3-8,13,21-22H,9-12H2,1-2H3;13H,1-2H2,(H,7,8)(H,9,10)(H,11,12). The van der Waals surface area contributed by atoms with E-state index in [1.54, 1.807) is 13.0 Å². The minimum Gasteiger partial charge on any atom is -0.504 e. The van der Waals surface area contributed by atoms with Gasteiger partial charge in [0.15, 0.2) is 28.6 Å². The van der Waals surface area contributed by atoms with Gasteiger partial charge in [0.2, 0.25) is 6.79 Å². The number of hydrogen-bond donors (Lipinski definition) is 6. The Morgan fingerprint density at radius 2 is 1.53 bits per heavy atom. The molecule has 3 rings (SSSR count). The van der Waals surface area contributed by atoms with Crippen LogP contribution in [0.2, 0.25) is 0 Å². The van der Waals surface area contributed by atoms with E-state index in [0.29, 0.717) is 25.4 Å². The molecule has 0 bridgehead atoms. The molecule has 2 aromatic carbocycles. The molecule has 0 fully saturated rings. The predicted octanol–water partition coefficient (Wildman–Crippen LogP) is 1.26. The molecule has 0 aromatic heterocycles. The van der Waals surface area contributed by atoms with E-state index in [2.05, 4.69) is 4.90 Å². The van der Waals surface area contributed by atoms with Gasteiger partial charge < -0.3 is 44.8 Å². The van der Waals surface area contributed by atoms with Crippen LogP contribution in [0.25, 0.3) is 0 Å². The van der Waals surface area contributed by atoms with Gasteiger partial charge in [0.1, 0.15) is 0 Å². The van der Waals surface area contributed by atoms with Crippen LogP contribution in [0, 0.1) is 0 Å². The maximum atomic E-state index is 10.3. The first-order valence-electron chi connectivity index (χ1n) is 11.4. The van der Waals surface area contributed by atoms with Crippen LogP contribution >= 0.6 is 0 Å². The van der Waals surface area contributed by atoms with Gasteiger partial charge in [-0.05, 0) is 42.3 Å². The number of aliphatic hydroxyl groups excluding tert-OH is 1. The first-order chi connectivity index (χ1) is 17.8. The molecule has 13 nitrogen and oxygen atoms in total. The summed E-state index contributed by atoms with van der Waals surface area (Å²) in [5.41, 5.74) is -0.663. The van der Waals surface area contributed by atoms with E-state index in [4.69, 9.17) is 34.6 Å². The number of hydrogen-bond acceptors (Lipinski definition) is 10. The molecule has 1 heterocycles. The molecule has 1 aliphatic rings. The summed E-state index contributed by atoms with van der Waals surface area (Å²) in [4.78, 5) is 32.6. The van der Waals surface area contributed by atoms with Gasteiger partial charge in [-0.3, -0.25) is 14.5 Å². The van der Waals surface area contributed by atoms with Crippen molar-refractivity contribution in [3.05, 3.63) is 47.5 Å². The number of methoxy groups -OCH3 is 1. The van der Waals surface area contributed by atoms with E-state index in [9.17, 15) is 24.6 Å². The van der Waals surface area contributed by atoms with Crippen LogP contribution < -0.4 is 14.2 Å². The maximum Gasteiger partial charge on any atom is 0.336 e. The monoisotopic (exact) mass is 537 g/mol. The third-order valence-corrected chi connectivity index (χ3v) is 5.30. The lowest BCUT2D eigenvalue weighted by molar-refractivity contribution is -0.170. The highest BCUT2D eigenvalue weighted by Gasteiger charge is 2.40. The molecule has 0 aliphatic carbocycles. The number of carboxylic acid groups (broad SMARTS) is 3. The van der Waals surface area contributed by atoms with Crippen molar-refractivity contribution in [3.8, 4) is 23.0 Å². The van der Waals surface area contributed by atoms with Crippen LogP contribution in [0.3, 0.4) is 0 Å². The molecule has 13 heteroatoms. The van der Waals surface area contributed by atoms with Gasteiger partial charge in [0.05, 0.1) is 26.1 Å². The van der Waals surface area contributed by atoms with E-state index in [0.717, 1.165) is 22.6 Å². The number of aliphatic hydroxyl groups is 2. The molecule has 1 atom stereocenters. The number of aromatic hydroxyl groups is 1. The molecular formula is C25H31NO12. The number of carbonyl (C=O) groups is 3. The number of benzene rings is 2. The van der Waals surface area contributed by atoms with E-state index >= 15 is 0 Å². The summed E-state index contributed by atoms with van der Waals surface area (Å²) < 4.78 is 15.9. The predicted molar refractivity (Wildman–Crippen MR) is 130 cm³/mol. The Hall–Kier alpha value is -4.07. The summed E-state index contributed by atoms with van der Waals surface area (Å²) in [6, 6.07) is 11.2. The van der Waals surface area contributed by atoms with Crippen molar-refractivity contribution < 1.29 is 59.2 Å². The molecule has 0 spiro atoms. The van der Waals surface area contributed by atoms with Crippen LogP contribution in [-0.4, -0.2) is 85.6 Å². The highest BCUT2D eigenvalue weighted by molar-refractivity contribution is 5.88. The Morgan fingerprint density at radius 3 is 2.05 bits per heavy atom. The average Bonchev–Trinajstić information content (AvgIpc) is 3.27. The summed E-state index contributed by atoms with van der Waals surface area (Å²) in [6.07, 6.45) is -2.74. The van der Waals surface area contributed by atoms with E-state index < -0.39 is 42.5 Å². The van der Waals surface area contributed by atoms with Gasteiger partial charge in [0.25, 0.3) is 0 Å². The number of ether oxygens (including phenoxy) is 3. The largest absolute Gasteiger partial charge is 0.504 e.